The molecule has 1 unspecified atom stereocenters. The van der Waals surface area contributed by atoms with Crippen LogP contribution in [0.5, 0.6) is 0 Å². The van der Waals surface area contributed by atoms with Crippen LogP contribution < -0.4 is 0 Å². The van der Waals surface area contributed by atoms with Crippen LogP contribution in [0.4, 0.5) is 0 Å². The molecule has 0 aliphatic heterocycles. The highest BCUT2D eigenvalue weighted by molar-refractivity contribution is 6.68. The van der Waals surface area contributed by atoms with Gasteiger partial charge in [-0.1, -0.05) is 65.1 Å². The van der Waals surface area contributed by atoms with Gasteiger partial charge in [0, 0.05) is 12.5 Å². The van der Waals surface area contributed by atoms with Gasteiger partial charge >= 0.3 is 0 Å². The van der Waals surface area contributed by atoms with E-state index in [4.69, 9.17) is 39.9 Å². The van der Waals surface area contributed by atoms with Gasteiger partial charge < -0.3 is 5.11 Å². The highest BCUT2D eigenvalue weighted by Gasteiger charge is 2.32. The maximum Gasteiger partial charge on any atom is 0.197 e. The summed E-state index contributed by atoms with van der Waals surface area (Å²) in [6.45, 7) is 0.00741. The zero-order valence-electron chi connectivity index (χ0n) is 7.46. The monoisotopic (exact) mass is 252 g/mol. The molecule has 1 atom stereocenters. The minimum absolute atomic E-state index is 0.00741. The Balaban J connectivity index is 2.89. The summed E-state index contributed by atoms with van der Waals surface area (Å²) in [4.78, 5) is 0. The average molecular weight is 254 g/mol. The Morgan fingerprint density at radius 3 is 2.14 bits per heavy atom. The minimum atomic E-state index is -1.37. The van der Waals surface area contributed by atoms with E-state index in [1.165, 1.54) is 0 Å². The molecule has 1 N–H and O–H groups in total. The highest BCUT2D eigenvalue weighted by atomic mass is 35.6. The smallest absolute Gasteiger partial charge is 0.197 e. The maximum atomic E-state index is 8.89. The first-order valence-electron chi connectivity index (χ1n) is 4.28. The summed E-state index contributed by atoms with van der Waals surface area (Å²) < 4.78 is -1.37. The van der Waals surface area contributed by atoms with Gasteiger partial charge in [0.05, 0.1) is 0 Å². The molecule has 0 spiro atoms. The van der Waals surface area contributed by atoms with E-state index in [1.54, 1.807) is 0 Å². The molecule has 1 nitrogen and oxygen atoms in total. The number of alkyl halides is 3. The number of rotatable bonds is 3. The number of aliphatic hydroxyl groups is 1. The second kappa shape index (κ2) is 5.22. The lowest BCUT2D eigenvalue weighted by molar-refractivity contribution is 0.276. The molecule has 78 valence electrons. The van der Waals surface area contributed by atoms with Gasteiger partial charge in [0.15, 0.2) is 3.79 Å². The molecular weight excluding hydrogens is 242 g/mol. The first-order valence-corrected chi connectivity index (χ1v) is 5.41. The van der Waals surface area contributed by atoms with Crippen molar-refractivity contribution >= 4 is 34.8 Å². The normalized spacial score (nSPS) is 14.0. The fraction of sp³-hybridized carbons (Fsp3) is 0.400. The van der Waals surface area contributed by atoms with E-state index in [9.17, 15) is 0 Å². The average Bonchev–Trinajstić information content (AvgIpc) is 2.14. The minimum Gasteiger partial charge on any atom is -0.396 e. The Kier molecular flexibility index (Phi) is 4.52. The summed E-state index contributed by atoms with van der Waals surface area (Å²) in [6.07, 6.45) is 0.445. The van der Waals surface area contributed by atoms with Gasteiger partial charge in [0.25, 0.3) is 0 Å². The van der Waals surface area contributed by atoms with E-state index in [0.29, 0.717) is 6.42 Å². The number of hydrogen-bond donors (Lipinski definition) is 1. The fourth-order valence-corrected chi connectivity index (χ4v) is 2.04. The SMILES string of the molecule is OCCC(c1ccccc1)C(Cl)(Cl)Cl. The van der Waals surface area contributed by atoms with Crippen LogP contribution in [0.3, 0.4) is 0 Å². The number of halogens is 3. The third kappa shape index (κ3) is 3.32. The van der Waals surface area contributed by atoms with Crippen molar-refractivity contribution in [3.05, 3.63) is 35.9 Å². The first-order chi connectivity index (χ1) is 6.55. The standard InChI is InChI=1S/C10H11Cl3O/c11-10(12,13)9(6-7-14)8-4-2-1-3-5-8/h1-5,9,14H,6-7H2. The molecule has 0 aromatic heterocycles. The lowest BCUT2D eigenvalue weighted by Crippen LogP contribution is -2.18. The van der Waals surface area contributed by atoms with E-state index in [1.807, 2.05) is 30.3 Å². The highest BCUT2D eigenvalue weighted by Crippen LogP contribution is 2.43. The molecule has 0 saturated heterocycles. The number of hydrogen-bond acceptors (Lipinski definition) is 1. The van der Waals surface area contributed by atoms with Crippen LogP contribution >= 0.6 is 34.8 Å². The van der Waals surface area contributed by atoms with Crippen molar-refractivity contribution in [3.63, 3.8) is 0 Å². The molecule has 1 rings (SSSR count). The molecule has 0 bridgehead atoms. The molecule has 14 heavy (non-hydrogen) atoms. The van der Waals surface area contributed by atoms with Crippen molar-refractivity contribution < 1.29 is 5.11 Å². The third-order valence-corrected chi connectivity index (χ3v) is 2.81. The summed E-state index contributed by atoms with van der Waals surface area (Å²) in [5.74, 6) is -0.265. The molecule has 0 heterocycles. The number of benzene rings is 1. The topological polar surface area (TPSA) is 20.2 Å². The van der Waals surface area contributed by atoms with Crippen LogP contribution in [0.25, 0.3) is 0 Å². The number of aliphatic hydroxyl groups excluding tert-OH is 1. The Labute approximate surface area is 98.6 Å². The Morgan fingerprint density at radius 1 is 1.14 bits per heavy atom. The van der Waals surface area contributed by atoms with Crippen LogP contribution in [0.1, 0.15) is 17.9 Å². The molecular formula is C10H11Cl3O. The summed E-state index contributed by atoms with van der Waals surface area (Å²) in [5, 5.41) is 8.89. The summed E-state index contributed by atoms with van der Waals surface area (Å²) in [7, 11) is 0. The fourth-order valence-electron chi connectivity index (χ4n) is 1.33. The van der Waals surface area contributed by atoms with Crippen molar-refractivity contribution in [2.45, 2.75) is 16.1 Å². The lowest BCUT2D eigenvalue weighted by Gasteiger charge is -2.23. The van der Waals surface area contributed by atoms with E-state index in [-0.39, 0.29) is 12.5 Å². The van der Waals surface area contributed by atoms with Crippen LogP contribution in [0, 0.1) is 0 Å². The molecule has 0 fully saturated rings. The van der Waals surface area contributed by atoms with Crippen molar-refractivity contribution in [2.75, 3.05) is 6.61 Å². The van der Waals surface area contributed by atoms with Gasteiger partial charge in [-0.3, -0.25) is 0 Å². The largest absolute Gasteiger partial charge is 0.396 e. The van der Waals surface area contributed by atoms with Crippen LogP contribution in [0.15, 0.2) is 30.3 Å². The Morgan fingerprint density at radius 2 is 1.71 bits per heavy atom. The quantitative estimate of drug-likeness (QED) is 0.817. The van der Waals surface area contributed by atoms with Crippen molar-refractivity contribution in [3.8, 4) is 0 Å². The summed E-state index contributed by atoms with van der Waals surface area (Å²) in [6, 6.07) is 9.45. The van der Waals surface area contributed by atoms with Gasteiger partial charge in [-0.05, 0) is 12.0 Å². The van der Waals surface area contributed by atoms with Crippen molar-refractivity contribution in [1.29, 1.82) is 0 Å². The van der Waals surface area contributed by atoms with Gasteiger partial charge in [-0.2, -0.15) is 0 Å². The summed E-state index contributed by atoms with van der Waals surface area (Å²) >= 11 is 17.5. The first kappa shape index (κ1) is 12.1. The van der Waals surface area contributed by atoms with Crippen molar-refractivity contribution in [1.82, 2.24) is 0 Å². The van der Waals surface area contributed by atoms with Gasteiger partial charge in [-0.25, -0.2) is 0 Å². The van der Waals surface area contributed by atoms with Gasteiger partial charge in [-0.15, -0.1) is 0 Å². The van der Waals surface area contributed by atoms with Crippen LogP contribution in [-0.4, -0.2) is 15.5 Å². The third-order valence-electron chi connectivity index (χ3n) is 2.01. The molecule has 4 heteroatoms. The Bertz CT molecular complexity index is 268. The second-order valence-electron chi connectivity index (χ2n) is 3.02. The summed E-state index contributed by atoms with van der Waals surface area (Å²) in [5.41, 5.74) is 0.932. The molecule has 0 amide bonds. The van der Waals surface area contributed by atoms with E-state index < -0.39 is 3.79 Å². The van der Waals surface area contributed by atoms with E-state index in [2.05, 4.69) is 0 Å². The Hall–Kier alpha value is 0.0500. The predicted octanol–water partition coefficient (Wildman–Crippen LogP) is 3.52. The lowest BCUT2D eigenvalue weighted by atomic mass is 9.98. The molecule has 0 radical (unpaired) electrons. The second-order valence-corrected chi connectivity index (χ2v) is 5.39. The van der Waals surface area contributed by atoms with Gasteiger partial charge in [0.2, 0.25) is 0 Å². The van der Waals surface area contributed by atoms with E-state index >= 15 is 0 Å². The molecule has 0 aliphatic carbocycles. The zero-order valence-corrected chi connectivity index (χ0v) is 9.73. The van der Waals surface area contributed by atoms with E-state index in [0.717, 1.165) is 5.56 Å². The van der Waals surface area contributed by atoms with Crippen LogP contribution in [0.2, 0.25) is 0 Å². The molecule has 1 aromatic carbocycles. The van der Waals surface area contributed by atoms with Crippen molar-refractivity contribution in [2.24, 2.45) is 0 Å². The predicted molar refractivity (Wildman–Crippen MR) is 61.2 cm³/mol. The molecule has 1 aromatic rings. The zero-order chi connectivity index (χ0) is 10.6. The molecule has 0 saturated carbocycles. The molecule has 0 aliphatic rings. The maximum absolute atomic E-state index is 8.89. The van der Waals surface area contributed by atoms with Crippen LogP contribution in [-0.2, 0) is 0 Å². The van der Waals surface area contributed by atoms with Gasteiger partial charge in [0.1, 0.15) is 0 Å².